The van der Waals surface area contributed by atoms with Gasteiger partial charge in [0.2, 0.25) is 0 Å². The Morgan fingerprint density at radius 3 is 2.70 bits per heavy atom. The predicted molar refractivity (Wildman–Crippen MR) is 110 cm³/mol. The molecule has 4 rings (SSSR count). The van der Waals surface area contributed by atoms with Crippen molar-refractivity contribution < 1.29 is 4.79 Å². The first-order chi connectivity index (χ1) is 13.1. The third-order valence-corrected chi connectivity index (χ3v) is 6.12. The number of hydrogen-bond acceptors (Lipinski definition) is 5. The van der Waals surface area contributed by atoms with Gasteiger partial charge in [0.25, 0.3) is 5.91 Å². The lowest BCUT2D eigenvalue weighted by Gasteiger charge is -2.23. The van der Waals surface area contributed by atoms with Crippen molar-refractivity contribution >= 4 is 33.2 Å². The Morgan fingerprint density at radius 1 is 1.19 bits per heavy atom. The molecule has 3 aromatic rings. The van der Waals surface area contributed by atoms with Crippen LogP contribution in [0.15, 0.2) is 59.7 Å². The van der Waals surface area contributed by atoms with E-state index in [1.807, 2.05) is 60.5 Å². The van der Waals surface area contributed by atoms with E-state index in [1.165, 1.54) is 4.70 Å². The number of carbonyl (C=O) groups is 1. The van der Waals surface area contributed by atoms with Crippen molar-refractivity contribution in [1.29, 1.82) is 0 Å². The highest BCUT2D eigenvalue weighted by molar-refractivity contribution is 7.18. The monoisotopic (exact) mass is 378 g/mol. The zero-order valence-electron chi connectivity index (χ0n) is 15.5. The van der Waals surface area contributed by atoms with Crippen molar-refractivity contribution in [2.75, 3.05) is 20.1 Å². The summed E-state index contributed by atoms with van der Waals surface area (Å²) in [6.07, 6.45) is 0.799. The molecule has 1 aliphatic heterocycles. The molecule has 0 aliphatic carbocycles. The van der Waals surface area contributed by atoms with Crippen molar-refractivity contribution in [3.63, 3.8) is 0 Å². The number of benzene rings is 2. The van der Waals surface area contributed by atoms with E-state index in [1.54, 1.807) is 16.3 Å². The Labute approximate surface area is 162 Å². The largest absolute Gasteiger partial charge is 0.288 e. The Hall–Kier alpha value is -2.57. The van der Waals surface area contributed by atoms with E-state index < -0.39 is 0 Å². The first-order valence-corrected chi connectivity index (χ1v) is 9.92. The van der Waals surface area contributed by atoms with E-state index in [4.69, 9.17) is 4.98 Å². The Morgan fingerprint density at radius 2 is 1.93 bits per heavy atom. The van der Waals surface area contributed by atoms with Crippen LogP contribution in [0.5, 0.6) is 0 Å². The van der Waals surface area contributed by atoms with Crippen LogP contribution >= 0.6 is 11.3 Å². The second-order valence-electron chi connectivity index (χ2n) is 6.79. The van der Waals surface area contributed by atoms with Crippen LogP contribution in [0.4, 0.5) is 0 Å². The van der Waals surface area contributed by atoms with Crippen molar-refractivity contribution in [2.24, 2.45) is 5.10 Å². The van der Waals surface area contributed by atoms with Crippen LogP contribution < -0.4 is 0 Å². The summed E-state index contributed by atoms with van der Waals surface area (Å²) in [6.45, 7) is 3.06. The molecule has 0 saturated heterocycles. The van der Waals surface area contributed by atoms with Crippen LogP contribution in [0, 0.1) is 0 Å². The lowest BCUT2D eigenvalue weighted by Crippen LogP contribution is -2.36. The Kier molecular flexibility index (Phi) is 5.01. The summed E-state index contributed by atoms with van der Waals surface area (Å²) in [5.41, 5.74) is 3.08. The highest BCUT2D eigenvalue weighted by atomic mass is 32.1. The van der Waals surface area contributed by atoms with Gasteiger partial charge >= 0.3 is 0 Å². The van der Waals surface area contributed by atoms with E-state index in [2.05, 4.69) is 18.1 Å². The number of likely N-dealkylation sites (N-methyl/N-ethyl adjacent to an activating group) is 1. The second kappa shape index (κ2) is 7.58. The third kappa shape index (κ3) is 3.77. The summed E-state index contributed by atoms with van der Waals surface area (Å²) in [4.78, 5) is 19.5. The summed E-state index contributed by atoms with van der Waals surface area (Å²) in [5.74, 6) is 0.0244. The number of rotatable bonds is 5. The number of hydrazone groups is 1. The molecule has 2 heterocycles. The normalized spacial score (nSPS) is 15.4. The molecule has 0 radical (unpaired) electrons. The Bertz CT molecular complexity index is 949. The number of para-hydroxylation sites is 1. The van der Waals surface area contributed by atoms with Crippen molar-refractivity contribution in [3.05, 3.63) is 65.2 Å². The van der Waals surface area contributed by atoms with Crippen molar-refractivity contribution in [3.8, 4) is 0 Å². The smallest absolute Gasteiger partial charge is 0.256 e. The first kappa shape index (κ1) is 17.8. The van der Waals surface area contributed by atoms with E-state index >= 15 is 0 Å². The van der Waals surface area contributed by atoms with Gasteiger partial charge in [0.15, 0.2) is 0 Å². The van der Waals surface area contributed by atoms with Crippen LogP contribution in [-0.4, -0.2) is 46.6 Å². The van der Waals surface area contributed by atoms with Gasteiger partial charge in [0.1, 0.15) is 5.01 Å². The van der Waals surface area contributed by atoms with E-state index in [9.17, 15) is 4.79 Å². The maximum Gasteiger partial charge on any atom is 0.256 e. The maximum atomic E-state index is 12.7. The van der Waals surface area contributed by atoms with Crippen LogP contribution in [0.2, 0.25) is 0 Å². The zero-order valence-corrected chi connectivity index (χ0v) is 16.3. The molecule has 0 saturated carbocycles. The lowest BCUT2D eigenvalue weighted by molar-refractivity contribution is -0.132. The average Bonchev–Trinajstić information content (AvgIpc) is 3.35. The first-order valence-electron chi connectivity index (χ1n) is 9.11. The number of fused-ring (bicyclic) bond motifs is 1. The lowest BCUT2D eigenvalue weighted by atomic mass is 10.1. The number of carbonyl (C=O) groups excluding carboxylic acids is 1. The van der Waals surface area contributed by atoms with Gasteiger partial charge in [-0.15, -0.1) is 11.3 Å². The van der Waals surface area contributed by atoms with Crippen LogP contribution in [-0.2, 0) is 4.79 Å². The molecule has 2 aromatic carbocycles. The van der Waals surface area contributed by atoms with Crippen LogP contribution in [0.25, 0.3) is 10.2 Å². The third-order valence-electron chi connectivity index (χ3n) is 4.91. The number of hydrogen-bond donors (Lipinski definition) is 0. The minimum absolute atomic E-state index is 0.0244. The molecular formula is C21H22N4OS. The number of amides is 1. The van der Waals surface area contributed by atoms with Crippen LogP contribution in [0.3, 0.4) is 0 Å². The molecule has 6 heteroatoms. The van der Waals surface area contributed by atoms with Gasteiger partial charge in [-0.1, -0.05) is 42.5 Å². The molecule has 0 spiro atoms. The highest BCUT2D eigenvalue weighted by Crippen LogP contribution is 2.28. The maximum absolute atomic E-state index is 12.7. The fraction of sp³-hybridized carbons (Fsp3) is 0.286. The van der Waals surface area contributed by atoms with Gasteiger partial charge in [0.05, 0.1) is 35.1 Å². The summed E-state index contributed by atoms with van der Waals surface area (Å²) in [6, 6.07) is 18.3. The molecule has 1 aromatic heterocycles. The molecule has 1 atom stereocenters. The Balaban J connectivity index is 1.42. The van der Waals surface area contributed by atoms with E-state index in [0.29, 0.717) is 13.1 Å². The molecule has 5 nitrogen and oxygen atoms in total. The number of thiazole rings is 1. The summed E-state index contributed by atoms with van der Waals surface area (Å²) < 4.78 is 1.18. The number of nitrogens with zero attached hydrogens (tertiary/aromatic N) is 4. The number of aromatic nitrogens is 1. The molecular weight excluding hydrogens is 356 g/mol. The summed E-state index contributed by atoms with van der Waals surface area (Å²) >= 11 is 1.69. The van der Waals surface area contributed by atoms with Gasteiger partial charge < -0.3 is 0 Å². The predicted octanol–water partition coefficient (Wildman–Crippen LogP) is 3.93. The fourth-order valence-corrected chi connectivity index (χ4v) is 4.24. The molecule has 1 amide bonds. The van der Waals surface area contributed by atoms with Gasteiger partial charge in [-0.2, -0.15) is 5.10 Å². The topological polar surface area (TPSA) is 48.8 Å². The quantitative estimate of drug-likeness (QED) is 0.676. The van der Waals surface area contributed by atoms with E-state index in [0.717, 1.165) is 28.2 Å². The van der Waals surface area contributed by atoms with Gasteiger partial charge in [-0.05, 0) is 31.7 Å². The van der Waals surface area contributed by atoms with E-state index in [-0.39, 0.29) is 11.9 Å². The van der Waals surface area contributed by atoms with Crippen molar-refractivity contribution in [1.82, 2.24) is 14.9 Å². The van der Waals surface area contributed by atoms with Crippen molar-refractivity contribution in [2.45, 2.75) is 19.4 Å². The molecule has 1 aliphatic rings. The van der Waals surface area contributed by atoms with Gasteiger partial charge in [-0.25, -0.2) is 9.99 Å². The second-order valence-corrected chi connectivity index (χ2v) is 7.85. The molecule has 0 fully saturated rings. The van der Waals surface area contributed by atoms with Gasteiger partial charge in [-0.3, -0.25) is 9.69 Å². The minimum atomic E-state index is 0.0244. The molecule has 138 valence electrons. The fourth-order valence-electron chi connectivity index (χ4n) is 3.16. The standard InChI is InChI=1S/C21H22N4OS/c1-15(21-22-18-10-6-7-11-19(18)27-21)24(2)14-20(26)25-13-12-17(23-25)16-8-4-3-5-9-16/h3-11,15H,12-14H2,1-2H3/t15-/m0/s1. The summed E-state index contributed by atoms with van der Waals surface area (Å²) in [5, 5.41) is 7.17. The summed E-state index contributed by atoms with van der Waals surface area (Å²) in [7, 11) is 1.96. The molecule has 27 heavy (non-hydrogen) atoms. The van der Waals surface area contributed by atoms with Crippen LogP contribution in [0.1, 0.15) is 30.0 Å². The zero-order chi connectivity index (χ0) is 18.8. The minimum Gasteiger partial charge on any atom is -0.288 e. The van der Waals surface area contributed by atoms with Gasteiger partial charge in [0, 0.05) is 6.42 Å². The average molecular weight is 379 g/mol. The molecule has 0 N–H and O–H groups in total. The molecule has 0 unspecified atom stereocenters. The highest BCUT2D eigenvalue weighted by Gasteiger charge is 2.25. The molecule has 0 bridgehead atoms. The SMILES string of the molecule is C[C@@H](c1nc2ccccc2s1)N(C)CC(=O)N1CCC(c2ccccc2)=N1.